The molecule has 1 aliphatic rings. The highest BCUT2D eigenvalue weighted by Crippen LogP contribution is 2.28. The molecule has 136 valence electrons. The molecule has 1 heterocycles. The third-order valence-corrected chi connectivity index (χ3v) is 4.20. The third-order valence-electron chi connectivity index (χ3n) is 4.20. The van der Waals surface area contributed by atoms with Crippen LogP contribution in [0.3, 0.4) is 0 Å². The Bertz CT molecular complexity index is 549. The molecule has 0 radical (unpaired) electrons. The first-order valence-electron chi connectivity index (χ1n) is 8.30. The molecule has 24 heavy (non-hydrogen) atoms. The summed E-state index contributed by atoms with van der Waals surface area (Å²) >= 11 is 0. The van der Waals surface area contributed by atoms with Gasteiger partial charge in [-0.3, -0.25) is 4.99 Å². The summed E-state index contributed by atoms with van der Waals surface area (Å²) < 4.78 is 5.21. The van der Waals surface area contributed by atoms with Crippen molar-refractivity contribution in [1.29, 1.82) is 0 Å². The van der Waals surface area contributed by atoms with E-state index < -0.39 is 6.10 Å². The summed E-state index contributed by atoms with van der Waals surface area (Å²) in [7, 11) is 1.63. The van der Waals surface area contributed by atoms with Crippen molar-refractivity contribution in [2.45, 2.75) is 33.3 Å². The van der Waals surface area contributed by atoms with Gasteiger partial charge in [0.2, 0.25) is 0 Å². The van der Waals surface area contributed by atoms with Crippen LogP contribution < -0.4 is 10.1 Å². The lowest BCUT2D eigenvalue weighted by molar-refractivity contribution is 0.186. The molecule has 1 aromatic carbocycles. The molecule has 5 nitrogen and oxygen atoms in total. The van der Waals surface area contributed by atoms with Crippen LogP contribution in [-0.4, -0.2) is 49.3 Å². The van der Waals surface area contributed by atoms with Gasteiger partial charge in [0.25, 0.3) is 0 Å². The molecule has 2 rings (SSSR count). The van der Waals surface area contributed by atoms with Crippen molar-refractivity contribution in [3.63, 3.8) is 0 Å². The SMILES string of the molecule is CCNC(=NCC(O)c1cccc(OC)c1)N1CCC(C)(C)C1.I. The summed E-state index contributed by atoms with van der Waals surface area (Å²) in [6.07, 6.45) is 0.532. The molecule has 1 atom stereocenters. The predicted octanol–water partition coefficient (Wildman–Crippen LogP) is 3.04. The van der Waals surface area contributed by atoms with Crippen LogP contribution in [0.15, 0.2) is 29.3 Å². The van der Waals surface area contributed by atoms with Gasteiger partial charge < -0.3 is 20.1 Å². The molecule has 0 bridgehead atoms. The molecule has 1 saturated heterocycles. The van der Waals surface area contributed by atoms with Crippen LogP contribution in [0.4, 0.5) is 0 Å². The van der Waals surface area contributed by atoms with Crippen LogP contribution >= 0.6 is 24.0 Å². The highest BCUT2D eigenvalue weighted by Gasteiger charge is 2.30. The number of aliphatic hydroxyl groups is 1. The largest absolute Gasteiger partial charge is 0.497 e. The molecule has 2 N–H and O–H groups in total. The highest BCUT2D eigenvalue weighted by molar-refractivity contribution is 14.0. The maximum absolute atomic E-state index is 10.4. The zero-order chi connectivity index (χ0) is 16.9. The van der Waals surface area contributed by atoms with Gasteiger partial charge in [-0.1, -0.05) is 26.0 Å². The summed E-state index contributed by atoms with van der Waals surface area (Å²) in [6.45, 7) is 9.79. The normalized spacial score (nSPS) is 18.0. The zero-order valence-corrected chi connectivity index (χ0v) is 17.4. The molecule has 1 unspecified atom stereocenters. The van der Waals surface area contributed by atoms with Gasteiger partial charge in [-0.15, -0.1) is 24.0 Å². The van der Waals surface area contributed by atoms with Crippen molar-refractivity contribution < 1.29 is 9.84 Å². The van der Waals surface area contributed by atoms with Crippen LogP contribution in [0, 0.1) is 5.41 Å². The number of aliphatic imine (C=N–C) groups is 1. The van der Waals surface area contributed by atoms with Crippen molar-refractivity contribution in [3.05, 3.63) is 29.8 Å². The summed E-state index contributed by atoms with van der Waals surface area (Å²) in [6, 6.07) is 7.51. The number of hydrogen-bond acceptors (Lipinski definition) is 3. The molecular formula is C18H30IN3O2. The van der Waals surface area contributed by atoms with Gasteiger partial charge in [-0.05, 0) is 36.5 Å². The van der Waals surface area contributed by atoms with E-state index in [0.29, 0.717) is 12.0 Å². The summed E-state index contributed by atoms with van der Waals surface area (Å²) in [5, 5.41) is 13.7. The smallest absolute Gasteiger partial charge is 0.194 e. The number of halogens is 1. The minimum absolute atomic E-state index is 0. The number of aliphatic hydroxyl groups excluding tert-OH is 1. The monoisotopic (exact) mass is 447 g/mol. The van der Waals surface area contributed by atoms with Crippen LogP contribution in [0.1, 0.15) is 38.9 Å². The summed E-state index contributed by atoms with van der Waals surface area (Å²) in [4.78, 5) is 6.91. The van der Waals surface area contributed by atoms with Gasteiger partial charge in [-0.25, -0.2) is 0 Å². The number of nitrogens with one attached hydrogen (secondary N) is 1. The Morgan fingerprint density at radius 3 is 2.79 bits per heavy atom. The molecule has 0 spiro atoms. The lowest BCUT2D eigenvalue weighted by Gasteiger charge is -2.24. The predicted molar refractivity (Wildman–Crippen MR) is 109 cm³/mol. The van der Waals surface area contributed by atoms with Crippen molar-refractivity contribution in [1.82, 2.24) is 10.2 Å². The molecule has 0 aromatic heterocycles. The average Bonchev–Trinajstić information content (AvgIpc) is 2.91. The fraction of sp³-hybridized carbons (Fsp3) is 0.611. The van der Waals surface area contributed by atoms with E-state index in [9.17, 15) is 5.11 Å². The van der Waals surface area contributed by atoms with E-state index in [1.54, 1.807) is 7.11 Å². The minimum atomic E-state index is -0.630. The second-order valence-corrected chi connectivity index (χ2v) is 6.82. The number of likely N-dealkylation sites (tertiary alicyclic amines) is 1. The van der Waals surface area contributed by atoms with Crippen molar-refractivity contribution >= 4 is 29.9 Å². The van der Waals surface area contributed by atoms with E-state index in [1.165, 1.54) is 0 Å². The van der Waals surface area contributed by atoms with Gasteiger partial charge in [0.1, 0.15) is 5.75 Å². The van der Waals surface area contributed by atoms with Gasteiger partial charge in [0.15, 0.2) is 5.96 Å². The maximum atomic E-state index is 10.4. The fourth-order valence-electron chi connectivity index (χ4n) is 2.85. The Balaban J connectivity index is 0.00000288. The van der Waals surface area contributed by atoms with Gasteiger partial charge in [-0.2, -0.15) is 0 Å². The van der Waals surface area contributed by atoms with E-state index >= 15 is 0 Å². The number of methoxy groups -OCH3 is 1. The number of ether oxygens (including phenoxy) is 1. The number of nitrogens with zero attached hydrogens (tertiary/aromatic N) is 2. The van der Waals surface area contributed by atoms with Crippen LogP contribution in [0.25, 0.3) is 0 Å². The second kappa shape index (κ2) is 9.46. The van der Waals surface area contributed by atoms with E-state index in [4.69, 9.17) is 4.74 Å². The summed E-state index contributed by atoms with van der Waals surface area (Å²) in [5.41, 5.74) is 1.15. The average molecular weight is 447 g/mol. The van der Waals surface area contributed by atoms with Gasteiger partial charge in [0.05, 0.1) is 19.8 Å². The Kier molecular flexibility index (Phi) is 8.29. The second-order valence-electron chi connectivity index (χ2n) is 6.82. The lowest BCUT2D eigenvalue weighted by Crippen LogP contribution is -2.41. The van der Waals surface area contributed by atoms with Crippen LogP contribution in [0.5, 0.6) is 5.75 Å². The van der Waals surface area contributed by atoms with Crippen LogP contribution in [0.2, 0.25) is 0 Å². The van der Waals surface area contributed by atoms with Crippen molar-refractivity contribution in [2.24, 2.45) is 10.4 Å². The zero-order valence-electron chi connectivity index (χ0n) is 15.1. The molecule has 1 aliphatic heterocycles. The lowest BCUT2D eigenvalue weighted by atomic mass is 9.93. The molecule has 1 fully saturated rings. The number of rotatable bonds is 5. The first-order valence-corrected chi connectivity index (χ1v) is 8.30. The standard InChI is InChI=1S/C18H29N3O2.HI/c1-5-19-17(21-10-9-18(2,3)13-21)20-12-16(22)14-7-6-8-15(11-14)23-4;/h6-8,11,16,22H,5,9-10,12-13H2,1-4H3,(H,19,20);1H. The summed E-state index contributed by atoms with van der Waals surface area (Å²) in [5.74, 6) is 1.64. The first-order chi connectivity index (χ1) is 10.9. The molecule has 0 amide bonds. The van der Waals surface area contributed by atoms with E-state index in [-0.39, 0.29) is 24.0 Å². The Morgan fingerprint density at radius 2 is 2.21 bits per heavy atom. The molecule has 6 heteroatoms. The fourth-order valence-corrected chi connectivity index (χ4v) is 2.85. The van der Waals surface area contributed by atoms with Gasteiger partial charge in [0, 0.05) is 19.6 Å². The number of guanidine groups is 1. The number of hydrogen-bond donors (Lipinski definition) is 2. The highest BCUT2D eigenvalue weighted by atomic mass is 127. The quantitative estimate of drug-likeness (QED) is 0.414. The molecule has 1 aromatic rings. The maximum Gasteiger partial charge on any atom is 0.194 e. The van der Waals surface area contributed by atoms with Crippen molar-refractivity contribution in [3.8, 4) is 5.75 Å². The molecular weight excluding hydrogens is 417 g/mol. The van der Waals surface area contributed by atoms with E-state index in [1.807, 2.05) is 24.3 Å². The third kappa shape index (κ3) is 5.81. The minimum Gasteiger partial charge on any atom is -0.497 e. The van der Waals surface area contributed by atoms with Crippen molar-refractivity contribution in [2.75, 3.05) is 33.3 Å². The van der Waals surface area contributed by atoms with E-state index in [2.05, 4.69) is 36.0 Å². The number of benzene rings is 1. The van der Waals surface area contributed by atoms with Crippen LogP contribution in [-0.2, 0) is 0 Å². The van der Waals surface area contributed by atoms with E-state index in [0.717, 1.165) is 43.3 Å². The molecule has 0 saturated carbocycles. The topological polar surface area (TPSA) is 57.1 Å². The molecule has 0 aliphatic carbocycles. The Morgan fingerprint density at radius 1 is 1.46 bits per heavy atom. The Labute approximate surface area is 162 Å². The van der Waals surface area contributed by atoms with Gasteiger partial charge >= 0.3 is 0 Å². The Hall–Kier alpha value is -1.02. The first kappa shape index (κ1) is 21.0.